The van der Waals surface area contributed by atoms with Gasteiger partial charge in [-0.05, 0) is 12.1 Å². The van der Waals surface area contributed by atoms with Crippen LogP contribution in [0.15, 0.2) is 0 Å². The Bertz CT molecular complexity index is 316. The van der Waals surface area contributed by atoms with Crippen LogP contribution in [-0.2, 0) is 0 Å². The quantitative estimate of drug-likeness (QED) is 0.289. The summed E-state index contributed by atoms with van der Waals surface area (Å²) >= 11 is 57.2. The first-order valence-electron chi connectivity index (χ1n) is 5.50. The second-order valence-electron chi connectivity index (χ2n) is 4.79. The second-order valence-corrected chi connectivity index (χ2v) is 57.3. The van der Waals surface area contributed by atoms with E-state index in [9.17, 15) is 0 Å². The highest BCUT2D eigenvalue weighted by Gasteiger charge is 2.80. The van der Waals surface area contributed by atoms with Crippen molar-refractivity contribution < 1.29 is 0 Å². The minimum atomic E-state index is -3.63. The van der Waals surface area contributed by atoms with Gasteiger partial charge >= 0.3 is 17.4 Å². The van der Waals surface area contributed by atoms with E-state index in [0.717, 1.165) is 0 Å². The van der Waals surface area contributed by atoms with Crippen LogP contribution in [0.3, 0.4) is 0 Å². The van der Waals surface area contributed by atoms with E-state index >= 15 is 0 Å². The maximum Gasteiger partial charge on any atom is 0.345 e. The molecule has 0 aliphatic carbocycles. The lowest BCUT2D eigenvalue weighted by Crippen LogP contribution is -2.80. The fourth-order valence-corrected chi connectivity index (χ4v) is 113. The van der Waals surface area contributed by atoms with Gasteiger partial charge < -0.3 is 0 Å². The lowest BCUT2D eigenvalue weighted by molar-refractivity contribution is 0.311. The first kappa shape index (κ1) is 23.4. The highest BCUT2D eigenvalue weighted by molar-refractivity contribution is 8.31. The molecular weight excluding hydrogens is 517 g/mol. The molecule has 0 unspecified atom stereocenters. The highest BCUT2D eigenvalue weighted by atomic mass is 35.9. The molecule has 0 aromatic rings. The first-order valence-corrected chi connectivity index (χ1v) is 25.6. The molecule has 0 aliphatic rings. The lowest BCUT2D eigenvalue weighted by Gasteiger charge is -2.48. The van der Waals surface area contributed by atoms with Crippen molar-refractivity contribution in [2.24, 2.45) is 0 Å². The van der Waals surface area contributed by atoms with Crippen LogP contribution in [0.2, 0.25) is 0 Å². The van der Waals surface area contributed by atoms with Gasteiger partial charge in [-0.1, -0.05) is 27.7 Å². The Balaban J connectivity index is 6.19. The smallest absolute Gasteiger partial charge is 0.297 e. The summed E-state index contributed by atoms with van der Waals surface area (Å²) in [7, 11) is 0. The third-order valence-electron chi connectivity index (χ3n) is 2.63. The fraction of sp³-hybridized carbons (Fsp3) is 1.00. The summed E-state index contributed by atoms with van der Waals surface area (Å²) in [6.07, 6.45) is -3.47. The van der Waals surface area contributed by atoms with Gasteiger partial charge in [0.25, 0.3) is 5.94 Å². The zero-order valence-electron chi connectivity index (χ0n) is 11.0. The molecule has 0 atom stereocenters. The van der Waals surface area contributed by atoms with Crippen LogP contribution in [0.25, 0.3) is 0 Å². The first-order chi connectivity index (χ1) is 8.51. The van der Waals surface area contributed by atoms with Gasteiger partial charge in [0.1, 0.15) is 0 Å². The minimum Gasteiger partial charge on any atom is -0.297 e. The predicted octanol–water partition coefficient (Wildman–Crippen LogP) is 6.25. The molecule has 0 aromatic carbocycles. The number of nitrogens with zero attached hydrogens (tertiary/aromatic N) is 1. The van der Waals surface area contributed by atoms with E-state index in [2.05, 4.69) is 0 Å². The number of rotatable bonds is 6. The Morgan fingerprint density at radius 3 is 1.00 bits per heavy atom. The summed E-state index contributed by atoms with van der Waals surface area (Å²) in [6.45, 7) is 7.71. The molecule has 0 saturated heterocycles. The second kappa shape index (κ2) is 7.77. The van der Waals surface area contributed by atoms with Crippen molar-refractivity contribution >= 4 is 123 Å². The average Bonchev–Trinajstić information content (AvgIpc) is 2.09. The van der Waals surface area contributed by atoms with E-state index < -0.39 is 23.4 Å². The van der Waals surface area contributed by atoms with Crippen LogP contribution in [-0.4, -0.2) is 40.0 Å². The summed E-state index contributed by atoms with van der Waals surface area (Å²) in [5.74, 6) is -3.63. The van der Waals surface area contributed by atoms with Crippen molar-refractivity contribution in [1.29, 1.82) is 0 Å². The summed E-state index contributed by atoms with van der Waals surface area (Å²) in [5.41, 5.74) is -7.19. The number of halogens is 9. The topological polar surface area (TPSA) is 3.24 Å². The minimum absolute atomic E-state index is 0.00927. The standard InChI is InChI=1S/C6H14Cl9NSi4/c1-5(2)16(6(3)4)19(13,14)20(15,17(7,8)9)18(10,11)12/h5-6H,1-4H3. The third-order valence-corrected chi connectivity index (χ3v) is 93.6. The van der Waals surface area contributed by atoms with Crippen molar-refractivity contribution in [1.82, 2.24) is 4.57 Å². The van der Waals surface area contributed by atoms with E-state index in [1.807, 2.05) is 32.3 Å². The van der Waals surface area contributed by atoms with Gasteiger partial charge in [-0.3, -0.25) is 4.57 Å². The Morgan fingerprint density at radius 2 is 0.850 bits per heavy atom. The van der Waals surface area contributed by atoms with Crippen LogP contribution in [0, 0.1) is 0 Å². The molecule has 14 heteroatoms. The van der Waals surface area contributed by atoms with Gasteiger partial charge in [-0.25, -0.2) is 0 Å². The molecule has 0 saturated carbocycles. The van der Waals surface area contributed by atoms with E-state index in [4.69, 9.17) is 99.7 Å². The number of hydrogen-bond donors (Lipinski definition) is 0. The van der Waals surface area contributed by atoms with Gasteiger partial charge in [-0.2, -0.15) is 11.1 Å². The van der Waals surface area contributed by atoms with E-state index in [1.165, 1.54) is 0 Å². The predicted molar refractivity (Wildman–Crippen MR) is 108 cm³/mol. The van der Waals surface area contributed by atoms with Crippen LogP contribution >= 0.6 is 99.7 Å². The van der Waals surface area contributed by atoms with Gasteiger partial charge in [0, 0.05) is 0 Å². The Kier molecular flexibility index (Phi) is 9.10. The van der Waals surface area contributed by atoms with Crippen LogP contribution in [0.5, 0.6) is 0 Å². The molecule has 122 valence electrons. The third kappa shape index (κ3) is 4.53. The van der Waals surface area contributed by atoms with E-state index in [-0.39, 0.29) is 12.1 Å². The fourth-order valence-electron chi connectivity index (χ4n) is 1.92. The molecule has 0 fully saturated rings. The summed E-state index contributed by atoms with van der Waals surface area (Å²) < 4.78 is 1.86. The zero-order valence-corrected chi connectivity index (χ0v) is 21.8. The Hall–Kier alpha value is 3.44. The van der Waals surface area contributed by atoms with Crippen LogP contribution < -0.4 is 0 Å². The normalized spacial score (nSPS) is 15.6. The summed E-state index contributed by atoms with van der Waals surface area (Å²) in [5, 5.41) is 0. The van der Waals surface area contributed by atoms with Crippen LogP contribution in [0.4, 0.5) is 0 Å². The summed E-state index contributed by atoms with van der Waals surface area (Å²) in [6, 6.07) is -0.0185. The zero-order chi connectivity index (χ0) is 16.7. The monoisotopic (exact) mass is 527 g/mol. The van der Waals surface area contributed by atoms with Gasteiger partial charge in [0.2, 0.25) is 0 Å². The SMILES string of the molecule is CC(C)N(C(C)C)[Si](Cl)(Cl)[Si](Cl)([Si](Cl)(Cl)Cl)[Si](Cl)(Cl)Cl. The van der Waals surface area contributed by atoms with Crippen molar-refractivity contribution in [2.75, 3.05) is 0 Å². The van der Waals surface area contributed by atoms with Crippen LogP contribution in [0.1, 0.15) is 27.7 Å². The molecule has 20 heavy (non-hydrogen) atoms. The van der Waals surface area contributed by atoms with Crippen molar-refractivity contribution in [2.45, 2.75) is 39.8 Å². The molecule has 0 aromatic heterocycles. The van der Waals surface area contributed by atoms with Crippen molar-refractivity contribution in [3.8, 4) is 0 Å². The average molecular weight is 532 g/mol. The molecule has 0 radical (unpaired) electrons. The molecule has 0 heterocycles. The van der Waals surface area contributed by atoms with Crippen molar-refractivity contribution in [3.05, 3.63) is 0 Å². The molecule has 0 spiro atoms. The molecule has 1 nitrogen and oxygen atoms in total. The summed E-state index contributed by atoms with van der Waals surface area (Å²) in [4.78, 5) is 0. The Labute approximate surface area is 165 Å². The largest absolute Gasteiger partial charge is 0.345 e. The molecule has 0 rings (SSSR count). The van der Waals surface area contributed by atoms with E-state index in [1.54, 1.807) is 0 Å². The highest BCUT2D eigenvalue weighted by Crippen LogP contribution is 2.54. The molecule has 0 amide bonds. The molecular formula is C6H14Cl9NSi4. The lowest BCUT2D eigenvalue weighted by atomic mass is 10.3. The van der Waals surface area contributed by atoms with E-state index in [0.29, 0.717) is 0 Å². The molecule has 0 bridgehead atoms. The van der Waals surface area contributed by atoms with Gasteiger partial charge in [0.05, 0.1) is 0 Å². The maximum absolute atomic E-state index is 6.69. The maximum atomic E-state index is 6.69. The molecule has 0 N–H and O–H groups in total. The van der Waals surface area contributed by atoms with Gasteiger partial charge in [0.15, 0.2) is 0 Å². The molecule has 0 aliphatic heterocycles. The van der Waals surface area contributed by atoms with Gasteiger partial charge in [-0.15, -0.1) is 88.6 Å². The Morgan fingerprint density at radius 1 is 0.600 bits per heavy atom. The number of hydrogen-bond acceptors (Lipinski definition) is 1. The van der Waals surface area contributed by atoms with Crippen molar-refractivity contribution in [3.63, 3.8) is 0 Å².